The maximum absolute atomic E-state index is 11.2. The Labute approximate surface area is 133 Å². The van der Waals surface area contributed by atoms with Crippen LogP contribution in [0.25, 0.3) is 0 Å². The van der Waals surface area contributed by atoms with Crippen molar-refractivity contribution < 1.29 is 9.84 Å². The van der Waals surface area contributed by atoms with E-state index in [2.05, 4.69) is 49.9 Å². The predicted octanol–water partition coefficient (Wildman–Crippen LogP) is 3.20. The van der Waals surface area contributed by atoms with E-state index in [1.807, 2.05) is 6.07 Å². The molecule has 0 aromatic heterocycles. The Morgan fingerprint density at radius 2 is 1.95 bits per heavy atom. The van der Waals surface area contributed by atoms with Gasteiger partial charge in [-0.3, -0.25) is 4.90 Å². The summed E-state index contributed by atoms with van der Waals surface area (Å²) in [5, 5.41) is 11.2. The molecule has 1 aliphatic heterocycles. The van der Waals surface area contributed by atoms with Crippen LogP contribution in [0, 0.1) is 17.3 Å². The lowest BCUT2D eigenvalue weighted by molar-refractivity contribution is -0.214. The Kier molecular flexibility index (Phi) is 3.20. The van der Waals surface area contributed by atoms with Crippen LogP contribution in [0.4, 0.5) is 0 Å². The average molecular weight is 301 g/mol. The zero-order chi connectivity index (χ0) is 15.5. The van der Waals surface area contributed by atoms with E-state index in [1.165, 1.54) is 5.56 Å². The molecule has 3 fully saturated rings. The summed E-state index contributed by atoms with van der Waals surface area (Å²) in [7, 11) is 0. The fourth-order valence-corrected chi connectivity index (χ4v) is 4.86. The standard InChI is InChI=1S/C19H27NO2/c1-13(14-7-5-4-6-8-14)20-11-19(21)10-16-15(18(16,2)3)9-17(19)22-12-20/h4-8,13,15-17,21H,9-12H2,1-3H3/t13-,15-,16+,17-,19-/m1/s1. The molecule has 3 heteroatoms. The summed E-state index contributed by atoms with van der Waals surface area (Å²) < 4.78 is 6.11. The monoisotopic (exact) mass is 301 g/mol. The lowest BCUT2D eigenvalue weighted by Crippen LogP contribution is -2.60. The fraction of sp³-hybridized carbons (Fsp3) is 0.684. The number of ether oxygens (including phenoxy) is 1. The lowest BCUT2D eigenvalue weighted by Gasteiger charge is -2.48. The molecule has 0 spiro atoms. The van der Waals surface area contributed by atoms with Gasteiger partial charge in [-0.05, 0) is 42.6 Å². The van der Waals surface area contributed by atoms with Gasteiger partial charge in [0, 0.05) is 12.6 Å². The summed E-state index contributed by atoms with van der Waals surface area (Å²) in [4.78, 5) is 2.28. The predicted molar refractivity (Wildman–Crippen MR) is 86.2 cm³/mol. The summed E-state index contributed by atoms with van der Waals surface area (Å²) >= 11 is 0. The SMILES string of the molecule is C[C@H](c1ccccc1)N1CO[C@@H]2C[C@@H]3[C@H](C[C@@]2(O)C1)C3(C)C. The second kappa shape index (κ2) is 4.80. The van der Waals surface area contributed by atoms with Crippen molar-refractivity contribution in [2.24, 2.45) is 17.3 Å². The quantitative estimate of drug-likeness (QED) is 0.910. The number of benzene rings is 1. The van der Waals surface area contributed by atoms with Crippen LogP contribution in [-0.2, 0) is 4.74 Å². The van der Waals surface area contributed by atoms with Gasteiger partial charge in [0.1, 0.15) is 12.3 Å². The van der Waals surface area contributed by atoms with Gasteiger partial charge in [0.2, 0.25) is 0 Å². The fourth-order valence-electron chi connectivity index (χ4n) is 4.86. The highest BCUT2D eigenvalue weighted by molar-refractivity contribution is 5.20. The Hall–Kier alpha value is -0.900. The molecule has 1 saturated heterocycles. The van der Waals surface area contributed by atoms with Crippen LogP contribution in [0.2, 0.25) is 0 Å². The van der Waals surface area contributed by atoms with E-state index in [-0.39, 0.29) is 12.1 Å². The Morgan fingerprint density at radius 1 is 1.23 bits per heavy atom. The van der Waals surface area contributed by atoms with Gasteiger partial charge in [-0.2, -0.15) is 0 Å². The number of hydrogen-bond donors (Lipinski definition) is 1. The van der Waals surface area contributed by atoms with Crippen LogP contribution in [0.15, 0.2) is 30.3 Å². The van der Waals surface area contributed by atoms with Crippen LogP contribution in [-0.4, -0.2) is 35.0 Å². The maximum Gasteiger partial charge on any atom is 0.104 e. The third-order valence-corrected chi connectivity index (χ3v) is 6.68. The highest BCUT2D eigenvalue weighted by Gasteiger charge is 2.66. The van der Waals surface area contributed by atoms with Crippen LogP contribution in [0.3, 0.4) is 0 Å². The molecular weight excluding hydrogens is 274 g/mol. The summed E-state index contributed by atoms with van der Waals surface area (Å²) in [5.41, 5.74) is 1.01. The Bertz CT molecular complexity index is 558. The Balaban J connectivity index is 1.51. The third kappa shape index (κ3) is 2.14. The highest BCUT2D eigenvalue weighted by Crippen LogP contribution is 2.67. The molecule has 1 aromatic rings. The largest absolute Gasteiger partial charge is 0.386 e. The van der Waals surface area contributed by atoms with Gasteiger partial charge >= 0.3 is 0 Å². The van der Waals surface area contributed by atoms with E-state index >= 15 is 0 Å². The zero-order valence-electron chi connectivity index (χ0n) is 13.8. The van der Waals surface area contributed by atoms with E-state index in [9.17, 15) is 5.11 Å². The van der Waals surface area contributed by atoms with Gasteiger partial charge in [0.05, 0.1) is 6.10 Å². The van der Waals surface area contributed by atoms with Gasteiger partial charge in [-0.1, -0.05) is 44.2 Å². The lowest BCUT2D eigenvalue weighted by atomic mass is 9.80. The molecule has 0 amide bonds. The number of aliphatic hydroxyl groups is 1. The normalized spacial score (nSPS) is 41.4. The molecular formula is C19H27NO2. The second-order valence-corrected chi connectivity index (χ2v) is 8.20. The first-order valence-electron chi connectivity index (χ1n) is 8.55. The van der Waals surface area contributed by atoms with E-state index < -0.39 is 5.60 Å². The van der Waals surface area contributed by atoms with Crippen molar-refractivity contribution in [1.82, 2.24) is 4.90 Å². The minimum absolute atomic E-state index is 0.0229. The molecule has 120 valence electrons. The average Bonchev–Trinajstić information content (AvgIpc) is 3.03. The van der Waals surface area contributed by atoms with E-state index in [1.54, 1.807) is 0 Å². The first-order chi connectivity index (χ1) is 10.4. The van der Waals surface area contributed by atoms with Crippen LogP contribution < -0.4 is 0 Å². The molecule has 0 radical (unpaired) electrons. The third-order valence-electron chi connectivity index (χ3n) is 6.68. The number of rotatable bonds is 2. The molecule has 0 bridgehead atoms. The van der Waals surface area contributed by atoms with Crippen LogP contribution >= 0.6 is 0 Å². The Morgan fingerprint density at radius 3 is 2.68 bits per heavy atom. The van der Waals surface area contributed by atoms with Gasteiger partial charge in [0.25, 0.3) is 0 Å². The van der Waals surface area contributed by atoms with Crippen LogP contribution in [0.5, 0.6) is 0 Å². The second-order valence-electron chi connectivity index (χ2n) is 8.20. The maximum atomic E-state index is 11.2. The molecule has 1 heterocycles. The van der Waals surface area contributed by atoms with Gasteiger partial charge in [-0.25, -0.2) is 0 Å². The summed E-state index contributed by atoms with van der Waals surface area (Å²) in [6.45, 7) is 8.24. The molecule has 3 aliphatic rings. The number of β-amino-alcohol motifs (C(OH)–C–C–N with tert-alkyl or cyclic N) is 1. The molecule has 0 unspecified atom stereocenters. The topological polar surface area (TPSA) is 32.7 Å². The van der Waals surface area contributed by atoms with Crippen molar-refractivity contribution in [3.8, 4) is 0 Å². The molecule has 22 heavy (non-hydrogen) atoms. The number of nitrogens with zero attached hydrogens (tertiary/aromatic N) is 1. The van der Waals surface area contributed by atoms with Gasteiger partial charge in [0.15, 0.2) is 0 Å². The van der Waals surface area contributed by atoms with Crippen molar-refractivity contribution in [3.05, 3.63) is 35.9 Å². The van der Waals surface area contributed by atoms with Crippen molar-refractivity contribution in [2.75, 3.05) is 13.3 Å². The van der Waals surface area contributed by atoms with Crippen molar-refractivity contribution >= 4 is 0 Å². The molecule has 1 aromatic carbocycles. The van der Waals surface area contributed by atoms with Gasteiger partial charge < -0.3 is 9.84 Å². The number of fused-ring (bicyclic) bond motifs is 2. The molecule has 1 N–H and O–H groups in total. The van der Waals surface area contributed by atoms with E-state index in [0.29, 0.717) is 18.1 Å². The summed E-state index contributed by atoms with van der Waals surface area (Å²) in [5.74, 6) is 1.42. The van der Waals surface area contributed by atoms with E-state index in [0.717, 1.165) is 25.3 Å². The summed E-state index contributed by atoms with van der Waals surface area (Å²) in [6, 6.07) is 10.8. The molecule has 3 nitrogen and oxygen atoms in total. The zero-order valence-corrected chi connectivity index (χ0v) is 13.8. The van der Waals surface area contributed by atoms with Crippen molar-refractivity contribution in [1.29, 1.82) is 0 Å². The van der Waals surface area contributed by atoms with E-state index in [4.69, 9.17) is 4.74 Å². The first kappa shape index (κ1) is 14.7. The molecule has 2 saturated carbocycles. The highest BCUT2D eigenvalue weighted by atomic mass is 16.5. The number of hydrogen-bond acceptors (Lipinski definition) is 3. The molecule has 2 aliphatic carbocycles. The van der Waals surface area contributed by atoms with Crippen LogP contribution in [0.1, 0.15) is 45.2 Å². The summed E-state index contributed by atoms with van der Waals surface area (Å²) in [6.07, 6.45) is 1.95. The minimum atomic E-state index is -0.670. The molecule has 4 rings (SSSR count). The first-order valence-corrected chi connectivity index (χ1v) is 8.55. The minimum Gasteiger partial charge on any atom is -0.386 e. The van der Waals surface area contributed by atoms with Crippen molar-refractivity contribution in [3.63, 3.8) is 0 Å². The van der Waals surface area contributed by atoms with Crippen molar-refractivity contribution in [2.45, 2.75) is 51.4 Å². The van der Waals surface area contributed by atoms with Gasteiger partial charge in [-0.15, -0.1) is 0 Å². The molecule has 5 atom stereocenters. The smallest absolute Gasteiger partial charge is 0.104 e.